The quantitative estimate of drug-likeness (QED) is 0.259. The van der Waals surface area contributed by atoms with Crippen LogP contribution in [0.2, 0.25) is 5.02 Å². The van der Waals surface area contributed by atoms with Crippen molar-refractivity contribution in [2.24, 2.45) is 29.4 Å². The highest BCUT2D eigenvalue weighted by Gasteiger charge is 2.50. The van der Waals surface area contributed by atoms with E-state index in [-0.39, 0.29) is 19.1 Å². The topological polar surface area (TPSA) is 181 Å². The molecule has 2 aromatic heterocycles. The fourth-order valence-corrected chi connectivity index (χ4v) is 9.50. The SMILES string of the molecule is NC1C(C(=O)O)OC(n2cnc3c(NCc4cc(Cl)ccc4OCC(=O)N4CCN(C5C6CC7CC(C6)CC5C7)CC4)ncnc32)C1O. The number of fused-ring (bicyclic) bond motifs is 1. The molecule has 9 rings (SSSR count). The van der Waals surface area contributed by atoms with E-state index in [1.165, 1.54) is 49.3 Å². The van der Waals surface area contributed by atoms with Gasteiger partial charge in [-0.3, -0.25) is 14.3 Å². The molecule has 48 heavy (non-hydrogen) atoms. The number of piperazine rings is 1. The molecule has 6 aliphatic rings. The molecule has 2 aliphatic heterocycles. The number of ether oxygens (including phenoxy) is 2. The fraction of sp³-hybridized carbons (Fsp3) is 0.606. The molecule has 2 saturated heterocycles. The average Bonchev–Trinajstić information content (AvgIpc) is 3.63. The Bertz CT molecular complexity index is 1670. The van der Waals surface area contributed by atoms with Gasteiger partial charge in [-0.1, -0.05) is 11.6 Å². The third kappa shape index (κ3) is 5.76. The van der Waals surface area contributed by atoms with Crippen LogP contribution in [0.5, 0.6) is 5.75 Å². The van der Waals surface area contributed by atoms with E-state index in [1.54, 1.807) is 18.2 Å². The van der Waals surface area contributed by atoms with Gasteiger partial charge in [0.2, 0.25) is 0 Å². The number of halogens is 1. The number of carbonyl (C=O) groups excluding carboxylic acids is 1. The molecule has 4 heterocycles. The zero-order valence-electron chi connectivity index (χ0n) is 26.5. The summed E-state index contributed by atoms with van der Waals surface area (Å²) in [5, 5.41) is 23.7. The van der Waals surface area contributed by atoms with Gasteiger partial charge in [0.15, 0.2) is 35.9 Å². The summed E-state index contributed by atoms with van der Waals surface area (Å²) in [6.45, 7) is 3.48. The molecule has 1 amide bonds. The van der Waals surface area contributed by atoms with Crippen LogP contribution >= 0.6 is 11.6 Å². The third-order valence-corrected chi connectivity index (χ3v) is 11.5. The Morgan fingerprint density at radius 2 is 1.77 bits per heavy atom. The van der Waals surface area contributed by atoms with E-state index in [9.17, 15) is 19.8 Å². The molecule has 14 nitrogen and oxygen atoms in total. The second-order valence-corrected chi connectivity index (χ2v) is 14.6. The van der Waals surface area contributed by atoms with Crippen LogP contribution in [0.3, 0.4) is 0 Å². The molecular weight excluding hydrogens is 640 g/mol. The van der Waals surface area contributed by atoms with Gasteiger partial charge in [0.1, 0.15) is 18.2 Å². The number of imidazole rings is 1. The second kappa shape index (κ2) is 12.7. The van der Waals surface area contributed by atoms with E-state index in [0.29, 0.717) is 33.8 Å². The minimum atomic E-state index is -1.37. The molecular formula is C33H41ClN8O6. The van der Waals surface area contributed by atoms with Crippen molar-refractivity contribution in [3.63, 3.8) is 0 Å². The monoisotopic (exact) mass is 680 g/mol. The average molecular weight is 681 g/mol. The van der Waals surface area contributed by atoms with Crippen LogP contribution < -0.4 is 15.8 Å². The first-order valence-corrected chi connectivity index (χ1v) is 17.3. The summed E-state index contributed by atoms with van der Waals surface area (Å²) in [5.41, 5.74) is 7.32. The summed E-state index contributed by atoms with van der Waals surface area (Å²) >= 11 is 6.34. The summed E-state index contributed by atoms with van der Waals surface area (Å²) in [5.74, 6) is 3.23. The fourth-order valence-electron chi connectivity index (χ4n) is 9.31. The zero-order valence-corrected chi connectivity index (χ0v) is 27.3. The minimum Gasteiger partial charge on any atom is -0.483 e. The molecule has 6 fully saturated rings. The van der Waals surface area contributed by atoms with Crippen LogP contribution in [0.25, 0.3) is 11.2 Å². The van der Waals surface area contributed by atoms with Gasteiger partial charge >= 0.3 is 5.97 Å². The van der Waals surface area contributed by atoms with Crippen LogP contribution in [0.1, 0.15) is 43.9 Å². The van der Waals surface area contributed by atoms with Crippen molar-refractivity contribution in [2.75, 3.05) is 38.1 Å². The maximum Gasteiger partial charge on any atom is 0.334 e. The van der Waals surface area contributed by atoms with E-state index in [0.717, 1.165) is 55.4 Å². The lowest BCUT2D eigenvalue weighted by atomic mass is 9.54. The van der Waals surface area contributed by atoms with Gasteiger partial charge in [0, 0.05) is 49.4 Å². The van der Waals surface area contributed by atoms with Gasteiger partial charge in [0.25, 0.3) is 5.91 Å². The highest BCUT2D eigenvalue weighted by atomic mass is 35.5. The summed E-state index contributed by atoms with van der Waals surface area (Å²) in [6, 6.07) is 4.83. The van der Waals surface area contributed by atoms with Gasteiger partial charge in [-0.25, -0.2) is 19.7 Å². The van der Waals surface area contributed by atoms with Crippen LogP contribution in [-0.2, 0) is 20.9 Å². The van der Waals surface area contributed by atoms with Crippen LogP contribution in [-0.4, -0.2) is 108 Å². The molecule has 0 spiro atoms. The Morgan fingerprint density at radius 3 is 2.46 bits per heavy atom. The Morgan fingerprint density at radius 1 is 1.04 bits per heavy atom. The van der Waals surface area contributed by atoms with E-state index < -0.39 is 30.4 Å². The van der Waals surface area contributed by atoms with Crippen molar-refractivity contribution in [3.8, 4) is 5.75 Å². The molecule has 4 unspecified atom stereocenters. The number of nitrogens with two attached hydrogens (primary N) is 1. The predicted molar refractivity (Wildman–Crippen MR) is 174 cm³/mol. The molecule has 4 saturated carbocycles. The number of anilines is 1. The molecule has 4 atom stereocenters. The normalized spacial score (nSPS) is 33.0. The Kier molecular flexibility index (Phi) is 8.40. The Balaban J connectivity index is 0.889. The highest BCUT2D eigenvalue weighted by Crippen LogP contribution is 2.55. The third-order valence-electron chi connectivity index (χ3n) is 11.3. The molecule has 4 bridgehead atoms. The summed E-state index contributed by atoms with van der Waals surface area (Å²) in [6.07, 6.45) is 6.05. The largest absolute Gasteiger partial charge is 0.483 e. The molecule has 1 aromatic carbocycles. The van der Waals surface area contributed by atoms with Gasteiger partial charge in [-0.15, -0.1) is 0 Å². The molecule has 256 valence electrons. The van der Waals surface area contributed by atoms with Gasteiger partial charge in [0.05, 0.1) is 12.4 Å². The lowest BCUT2D eigenvalue weighted by molar-refractivity contribution is -0.152. The van der Waals surface area contributed by atoms with Gasteiger partial charge < -0.3 is 35.6 Å². The number of carbonyl (C=O) groups is 2. The van der Waals surface area contributed by atoms with Crippen molar-refractivity contribution in [3.05, 3.63) is 41.4 Å². The maximum atomic E-state index is 13.3. The first kappa shape index (κ1) is 31.7. The number of aromatic nitrogens is 4. The number of aliphatic hydroxyl groups excluding tert-OH is 1. The number of aliphatic carboxylic acids is 1. The van der Waals surface area contributed by atoms with Gasteiger partial charge in [-0.05, 0) is 74.0 Å². The summed E-state index contributed by atoms with van der Waals surface area (Å²) < 4.78 is 13.1. The smallest absolute Gasteiger partial charge is 0.334 e. The molecule has 5 N–H and O–H groups in total. The Labute approximate surface area is 282 Å². The van der Waals surface area contributed by atoms with Crippen molar-refractivity contribution in [1.82, 2.24) is 29.3 Å². The lowest BCUT2D eigenvalue weighted by Gasteiger charge is -2.58. The highest BCUT2D eigenvalue weighted by molar-refractivity contribution is 6.30. The number of amides is 1. The van der Waals surface area contributed by atoms with Crippen molar-refractivity contribution in [1.29, 1.82) is 0 Å². The van der Waals surface area contributed by atoms with E-state index in [2.05, 4.69) is 25.2 Å². The number of carboxylic acid groups (broad SMARTS) is 1. The summed E-state index contributed by atoms with van der Waals surface area (Å²) in [4.78, 5) is 42.4. The predicted octanol–water partition coefficient (Wildman–Crippen LogP) is 2.11. The first-order chi connectivity index (χ1) is 23.2. The first-order valence-electron chi connectivity index (χ1n) is 16.9. The maximum absolute atomic E-state index is 13.3. The van der Waals surface area contributed by atoms with E-state index in [1.807, 2.05) is 4.90 Å². The van der Waals surface area contributed by atoms with Crippen LogP contribution in [0.15, 0.2) is 30.9 Å². The number of nitrogens with one attached hydrogen (secondary N) is 1. The molecule has 15 heteroatoms. The van der Waals surface area contributed by atoms with Crippen LogP contribution in [0, 0.1) is 23.7 Å². The second-order valence-electron chi connectivity index (χ2n) is 14.1. The number of hydrogen-bond acceptors (Lipinski definition) is 11. The lowest BCUT2D eigenvalue weighted by Crippen LogP contribution is -2.60. The van der Waals surface area contributed by atoms with Crippen molar-refractivity contribution < 1.29 is 29.3 Å². The number of benzene rings is 1. The molecule has 3 aromatic rings. The number of hydrogen-bond donors (Lipinski definition) is 4. The standard InChI is InChI=1S/C33H41ClN8O6/c34-22-1-2-23(47-14-24(43)40-3-5-41(6-4-40)27-19-8-17-7-18(10-19)11-20(27)9-17)21(12-22)13-36-30-26-31(38-15-37-30)42(16-39-26)32-28(44)25(35)29(48-32)33(45)46/h1-2,12,15-20,25,27-29,32,44H,3-11,13-14,35H2,(H,45,46)(H,36,37,38). The summed E-state index contributed by atoms with van der Waals surface area (Å²) in [7, 11) is 0. The number of rotatable bonds is 9. The Hall–Kier alpha value is -3.56. The number of aliphatic hydroxyl groups is 1. The van der Waals surface area contributed by atoms with Crippen LogP contribution in [0.4, 0.5) is 5.82 Å². The van der Waals surface area contributed by atoms with E-state index >= 15 is 0 Å². The minimum absolute atomic E-state index is 0.0298. The zero-order chi connectivity index (χ0) is 33.1. The van der Waals surface area contributed by atoms with Gasteiger partial charge in [-0.2, -0.15) is 0 Å². The number of carboxylic acids is 1. The number of nitrogens with zero attached hydrogens (tertiary/aromatic N) is 6. The van der Waals surface area contributed by atoms with Crippen molar-refractivity contribution >= 4 is 40.5 Å². The molecule has 0 radical (unpaired) electrons. The van der Waals surface area contributed by atoms with E-state index in [4.69, 9.17) is 26.8 Å². The van der Waals surface area contributed by atoms with Crippen molar-refractivity contribution in [2.45, 2.75) is 69.2 Å². The molecule has 4 aliphatic carbocycles.